The zero-order valence-corrected chi connectivity index (χ0v) is 13.2. The van der Waals surface area contributed by atoms with E-state index >= 15 is 0 Å². The van der Waals surface area contributed by atoms with Gasteiger partial charge in [0.2, 0.25) is 11.8 Å². The molecule has 0 unspecified atom stereocenters. The molecule has 0 saturated carbocycles. The summed E-state index contributed by atoms with van der Waals surface area (Å²) in [6.45, 7) is 10.1. The van der Waals surface area contributed by atoms with Gasteiger partial charge >= 0.3 is 0 Å². The van der Waals surface area contributed by atoms with Crippen molar-refractivity contribution in [2.75, 3.05) is 46.3 Å². The molecule has 6 heteroatoms. The van der Waals surface area contributed by atoms with Crippen molar-refractivity contribution in [1.82, 2.24) is 20.4 Å². The predicted molar refractivity (Wildman–Crippen MR) is 79.5 cm³/mol. The van der Waals surface area contributed by atoms with E-state index in [-0.39, 0.29) is 17.4 Å². The largest absolute Gasteiger partial charge is 0.351 e. The molecule has 1 rings (SSSR count). The Kier molecular flexibility index (Phi) is 6.42. The van der Waals surface area contributed by atoms with Crippen LogP contribution in [-0.4, -0.2) is 73.5 Å². The lowest BCUT2D eigenvalue weighted by molar-refractivity contribution is -0.132. The van der Waals surface area contributed by atoms with E-state index in [2.05, 4.69) is 22.6 Å². The molecule has 2 N–H and O–H groups in total. The number of likely N-dealkylation sites (N-methyl/N-ethyl adjacent to an activating group) is 1. The van der Waals surface area contributed by atoms with Crippen molar-refractivity contribution in [3.05, 3.63) is 0 Å². The van der Waals surface area contributed by atoms with Crippen molar-refractivity contribution in [3.63, 3.8) is 0 Å². The van der Waals surface area contributed by atoms with Gasteiger partial charge in [0.05, 0.1) is 6.54 Å². The summed E-state index contributed by atoms with van der Waals surface area (Å²) in [4.78, 5) is 27.6. The van der Waals surface area contributed by atoms with Gasteiger partial charge in [0.25, 0.3) is 0 Å². The molecule has 6 nitrogen and oxygen atoms in total. The van der Waals surface area contributed by atoms with E-state index in [9.17, 15) is 9.59 Å². The topological polar surface area (TPSA) is 64.7 Å². The molecule has 0 aromatic carbocycles. The number of nitrogens with one attached hydrogen (secondary N) is 2. The first-order valence-electron chi connectivity index (χ1n) is 7.26. The predicted octanol–water partition coefficient (Wildman–Crippen LogP) is -0.345. The summed E-state index contributed by atoms with van der Waals surface area (Å²) in [6.07, 6.45) is 0.396. The first-order valence-corrected chi connectivity index (χ1v) is 7.26. The van der Waals surface area contributed by atoms with Gasteiger partial charge in [-0.1, -0.05) is 0 Å². The van der Waals surface area contributed by atoms with Crippen molar-refractivity contribution in [1.29, 1.82) is 0 Å². The van der Waals surface area contributed by atoms with Gasteiger partial charge in [-0.2, -0.15) is 0 Å². The van der Waals surface area contributed by atoms with Crippen molar-refractivity contribution in [2.24, 2.45) is 0 Å². The van der Waals surface area contributed by atoms with Gasteiger partial charge in [-0.05, 0) is 27.8 Å². The number of hydrogen-bond donors (Lipinski definition) is 2. The second-order valence-corrected chi connectivity index (χ2v) is 6.41. The fourth-order valence-electron chi connectivity index (χ4n) is 2.05. The number of carbonyl (C=O) groups excluding carboxylic acids is 2. The van der Waals surface area contributed by atoms with Crippen molar-refractivity contribution >= 4 is 11.8 Å². The van der Waals surface area contributed by atoms with Gasteiger partial charge in [-0.3, -0.25) is 9.59 Å². The Bertz CT molecular complexity index is 331. The summed E-state index contributed by atoms with van der Waals surface area (Å²) in [6, 6.07) is 0. The number of nitrogens with zero attached hydrogens (tertiary/aromatic N) is 2. The molecule has 1 heterocycles. The molecule has 2 amide bonds. The van der Waals surface area contributed by atoms with Gasteiger partial charge in [-0.25, -0.2) is 0 Å². The molecule has 0 aromatic heterocycles. The SMILES string of the molecule is CN1CCN(C(=O)CNCCC(=O)NC(C)(C)C)CC1. The number of carbonyl (C=O) groups is 2. The highest BCUT2D eigenvalue weighted by Gasteiger charge is 2.18. The maximum absolute atomic E-state index is 11.9. The van der Waals surface area contributed by atoms with Crippen molar-refractivity contribution in [3.8, 4) is 0 Å². The van der Waals surface area contributed by atoms with E-state index in [1.165, 1.54) is 0 Å². The van der Waals surface area contributed by atoms with Crippen LogP contribution >= 0.6 is 0 Å². The molecule has 0 aromatic rings. The van der Waals surface area contributed by atoms with Crippen LogP contribution in [0.4, 0.5) is 0 Å². The molecule has 1 aliphatic heterocycles. The van der Waals surface area contributed by atoms with E-state index in [0.717, 1.165) is 26.2 Å². The molecular weight excluding hydrogens is 256 g/mol. The molecule has 1 fully saturated rings. The Morgan fingerprint density at radius 1 is 1.10 bits per heavy atom. The van der Waals surface area contributed by atoms with Crippen LogP contribution in [0.5, 0.6) is 0 Å². The zero-order valence-electron chi connectivity index (χ0n) is 13.2. The van der Waals surface area contributed by atoms with Crippen LogP contribution in [0.1, 0.15) is 27.2 Å². The minimum Gasteiger partial charge on any atom is -0.351 e. The molecular formula is C14H28N4O2. The fraction of sp³-hybridized carbons (Fsp3) is 0.857. The maximum atomic E-state index is 11.9. The van der Waals surface area contributed by atoms with Gasteiger partial charge in [0.15, 0.2) is 0 Å². The summed E-state index contributed by atoms with van der Waals surface area (Å²) in [7, 11) is 2.06. The van der Waals surface area contributed by atoms with Crippen LogP contribution in [0.15, 0.2) is 0 Å². The second kappa shape index (κ2) is 7.59. The average molecular weight is 284 g/mol. The van der Waals surface area contributed by atoms with Crippen LogP contribution in [0, 0.1) is 0 Å². The highest BCUT2D eigenvalue weighted by atomic mass is 16.2. The molecule has 0 atom stereocenters. The van der Waals surface area contributed by atoms with E-state index in [1.54, 1.807) is 0 Å². The van der Waals surface area contributed by atoms with Crippen LogP contribution in [0.3, 0.4) is 0 Å². The summed E-state index contributed by atoms with van der Waals surface area (Å²) in [5, 5.41) is 5.94. The number of rotatable bonds is 5. The highest BCUT2D eigenvalue weighted by Crippen LogP contribution is 2.00. The Morgan fingerprint density at radius 2 is 1.70 bits per heavy atom. The molecule has 1 aliphatic rings. The second-order valence-electron chi connectivity index (χ2n) is 6.41. The summed E-state index contributed by atoms with van der Waals surface area (Å²) < 4.78 is 0. The van der Waals surface area contributed by atoms with Crippen LogP contribution in [0.25, 0.3) is 0 Å². The highest BCUT2D eigenvalue weighted by molar-refractivity contribution is 5.79. The fourth-order valence-corrected chi connectivity index (χ4v) is 2.05. The molecule has 20 heavy (non-hydrogen) atoms. The lowest BCUT2D eigenvalue weighted by atomic mass is 10.1. The summed E-state index contributed by atoms with van der Waals surface area (Å²) >= 11 is 0. The lowest BCUT2D eigenvalue weighted by Gasteiger charge is -2.32. The maximum Gasteiger partial charge on any atom is 0.236 e. The third-order valence-electron chi connectivity index (χ3n) is 3.18. The molecule has 0 radical (unpaired) electrons. The first-order chi connectivity index (χ1) is 9.28. The van der Waals surface area contributed by atoms with E-state index in [0.29, 0.717) is 19.5 Å². The Labute approximate surface area is 121 Å². The normalized spacial score (nSPS) is 17.1. The number of hydrogen-bond acceptors (Lipinski definition) is 4. The average Bonchev–Trinajstić information content (AvgIpc) is 2.33. The van der Waals surface area contributed by atoms with Crippen molar-refractivity contribution in [2.45, 2.75) is 32.7 Å². The van der Waals surface area contributed by atoms with Gasteiger partial charge in [-0.15, -0.1) is 0 Å². The van der Waals surface area contributed by atoms with Crippen molar-refractivity contribution < 1.29 is 9.59 Å². The quantitative estimate of drug-likeness (QED) is 0.678. The zero-order chi connectivity index (χ0) is 15.2. The van der Waals surface area contributed by atoms with E-state index < -0.39 is 0 Å². The summed E-state index contributed by atoms with van der Waals surface area (Å²) in [5.74, 6) is 0.131. The summed E-state index contributed by atoms with van der Waals surface area (Å²) in [5.41, 5.74) is -0.202. The standard InChI is InChI=1S/C14H28N4O2/c1-14(2,3)16-12(19)5-6-15-11-13(20)18-9-7-17(4)8-10-18/h15H,5-11H2,1-4H3,(H,16,19). The van der Waals surface area contributed by atoms with Gasteiger partial charge in [0, 0.05) is 44.7 Å². The third kappa shape index (κ3) is 6.86. The smallest absolute Gasteiger partial charge is 0.236 e. The minimum atomic E-state index is -0.202. The molecule has 0 aliphatic carbocycles. The Balaban J connectivity index is 2.12. The number of amides is 2. The van der Waals surface area contributed by atoms with Gasteiger partial charge < -0.3 is 20.4 Å². The van der Waals surface area contributed by atoms with Crippen LogP contribution in [0.2, 0.25) is 0 Å². The molecule has 0 spiro atoms. The Hall–Kier alpha value is -1.14. The lowest BCUT2D eigenvalue weighted by Crippen LogP contribution is -2.49. The Morgan fingerprint density at radius 3 is 2.25 bits per heavy atom. The van der Waals surface area contributed by atoms with E-state index in [4.69, 9.17) is 0 Å². The monoisotopic (exact) mass is 284 g/mol. The molecule has 116 valence electrons. The molecule has 0 bridgehead atoms. The van der Waals surface area contributed by atoms with Gasteiger partial charge in [0.1, 0.15) is 0 Å². The minimum absolute atomic E-state index is 0.0112. The first kappa shape index (κ1) is 16.9. The number of piperazine rings is 1. The van der Waals surface area contributed by atoms with Crippen LogP contribution < -0.4 is 10.6 Å². The molecule has 1 saturated heterocycles. The third-order valence-corrected chi connectivity index (χ3v) is 3.18. The van der Waals surface area contributed by atoms with Crippen LogP contribution in [-0.2, 0) is 9.59 Å². The van der Waals surface area contributed by atoms with E-state index in [1.807, 2.05) is 25.7 Å².